The number of amides is 1. The summed E-state index contributed by atoms with van der Waals surface area (Å²) in [6.45, 7) is 29.5. The molecule has 0 aliphatic rings. The number of ether oxygens (including phenoxy) is 4. The Hall–Kier alpha value is -1.83. The molecule has 1 N–H and O–H groups in total. The molecule has 268 valence electrons. The molecule has 1 atom stereocenters. The van der Waals surface area contributed by atoms with Crippen LogP contribution in [0.1, 0.15) is 47.0 Å². The largest absolute Gasteiger partial charge is 0.469 e. The summed E-state index contributed by atoms with van der Waals surface area (Å²) in [5.41, 5.74) is -0.672. The molecule has 12 nitrogen and oxygen atoms in total. The van der Waals surface area contributed by atoms with Gasteiger partial charge in [0.2, 0.25) is 0 Å². The third-order valence-corrected chi connectivity index (χ3v) is 17.9. The first kappa shape index (κ1) is 44.2. The summed E-state index contributed by atoms with van der Waals surface area (Å²) in [5, 5.41) is 2.43. The van der Waals surface area contributed by atoms with Crippen LogP contribution in [0, 0.1) is 11.3 Å². The second kappa shape index (κ2) is 19.2. The van der Waals surface area contributed by atoms with Crippen molar-refractivity contribution in [1.82, 2.24) is 5.32 Å². The molecular weight excluding hydrogens is 663 g/mol. The van der Waals surface area contributed by atoms with E-state index in [9.17, 15) is 19.2 Å². The molecule has 0 aromatic rings. The van der Waals surface area contributed by atoms with E-state index >= 15 is 0 Å². The van der Waals surface area contributed by atoms with Gasteiger partial charge in [0.05, 0.1) is 24.5 Å². The number of hydrogen-bond donors (Lipinski definition) is 1. The quantitative estimate of drug-likeness (QED) is 0.0445. The highest BCUT2D eigenvalue weighted by atomic mass is 28.5. The number of carbonyl (C=O) groups excluding carboxylic acids is 4. The van der Waals surface area contributed by atoms with Crippen molar-refractivity contribution >= 4 is 57.8 Å². The van der Waals surface area contributed by atoms with Gasteiger partial charge in [0.15, 0.2) is 25.0 Å². The monoisotopic (exact) mass is 723 g/mol. The normalized spacial score (nSPS) is 13.4. The number of rotatable bonds is 22. The van der Waals surface area contributed by atoms with Crippen LogP contribution in [0.2, 0.25) is 65.0 Å². The molecule has 0 spiro atoms. The fourth-order valence-electron chi connectivity index (χ4n) is 4.22. The van der Waals surface area contributed by atoms with Crippen LogP contribution in [0.4, 0.5) is 4.79 Å². The Labute approximate surface area is 281 Å². The number of hydrogen-bond acceptors (Lipinski definition) is 11. The number of esters is 3. The van der Waals surface area contributed by atoms with Crippen LogP contribution in [-0.2, 0) is 45.7 Å². The second-order valence-electron chi connectivity index (χ2n) is 14.9. The molecule has 0 aliphatic heterocycles. The minimum atomic E-state index is -3.03. The average molecular weight is 724 g/mol. The summed E-state index contributed by atoms with van der Waals surface area (Å²) in [7, 11) is -9.06. The molecule has 0 saturated heterocycles. The van der Waals surface area contributed by atoms with E-state index in [1.807, 2.05) is 6.92 Å². The molecule has 16 heteroatoms. The van der Waals surface area contributed by atoms with Crippen LogP contribution in [0.25, 0.3) is 0 Å². The van der Waals surface area contributed by atoms with Gasteiger partial charge in [-0.1, -0.05) is 13.5 Å². The summed E-state index contributed by atoms with van der Waals surface area (Å²) >= 11 is 0. The van der Waals surface area contributed by atoms with Crippen molar-refractivity contribution in [2.75, 3.05) is 33.0 Å². The van der Waals surface area contributed by atoms with Crippen LogP contribution in [0.15, 0.2) is 12.2 Å². The Kier molecular flexibility index (Phi) is 18.5. The molecule has 0 bridgehead atoms. The van der Waals surface area contributed by atoms with Crippen molar-refractivity contribution in [2.24, 2.45) is 11.3 Å². The van der Waals surface area contributed by atoms with Crippen molar-refractivity contribution in [1.29, 1.82) is 0 Å². The van der Waals surface area contributed by atoms with Crippen LogP contribution in [0.5, 0.6) is 0 Å². The van der Waals surface area contributed by atoms with Gasteiger partial charge < -0.3 is 36.6 Å². The summed E-state index contributed by atoms with van der Waals surface area (Å²) in [4.78, 5) is 49.0. The van der Waals surface area contributed by atoms with Gasteiger partial charge in [-0.3, -0.25) is 9.59 Å². The Bertz CT molecular complexity index is 977. The minimum absolute atomic E-state index is 0.0261. The van der Waals surface area contributed by atoms with Crippen molar-refractivity contribution in [3.63, 3.8) is 0 Å². The molecule has 0 aromatic carbocycles. The van der Waals surface area contributed by atoms with Gasteiger partial charge in [-0.25, -0.2) is 9.59 Å². The number of alkyl carbamates (subject to hydrolysis) is 1. The predicted molar refractivity (Wildman–Crippen MR) is 188 cm³/mol. The third kappa shape index (κ3) is 20.4. The van der Waals surface area contributed by atoms with Crippen LogP contribution < -0.4 is 5.32 Å². The van der Waals surface area contributed by atoms with Crippen LogP contribution in [-0.4, -0.2) is 90.7 Å². The first-order valence-electron chi connectivity index (χ1n) is 16.0. The number of nitrogens with one attached hydrogen (secondary N) is 1. The van der Waals surface area contributed by atoms with E-state index in [0.717, 1.165) is 0 Å². The highest BCUT2D eigenvalue weighted by molar-refractivity contribution is 6.90. The number of carbonyl (C=O) groups is 4. The topological polar surface area (TPSA) is 145 Å². The molecule has 0 fully saturated rings. The maximum Gasteiger partial charge on any atom is 0.469 e. The fraction of sp³-hybridized carbons (Fsp3) is 0.800. The first-order valence-corrected chi connectivity index (χ1v) is 28.1. The Morgan fingerprint density at radius 3 is 1.70 bits per heavy atom. The summed E-state index contributed by atoms with van der Waals surface area (Å²) in [5.74, 6) is -1.97. The highest BCUT2D eigenvalue weighted by Gasteiger charge is 2.49. The smallest absolute Gasteiger partial charge is 0.465 e. The third-order valence-electron chi connectivity index (χ3n) is 5.89. The molecule has 0 rings (SSSR count). The van der Waals surface area contributed by atoms with Crippen LogP contribution in [0.3, 0.4) is 0 Å². The minimum Gasteiger partial charge on any atom is -0.465 e. The Morgan fingerprint density at radius 2 is 1.24 bits per heavy atom. The maximum atomic E-state index is 13.1. The standard InChI is InChI=1S/C30H61NO11Si4/c1-15-25(27(33)37-20-21-39-29(35)31-17-19-36-26(32)24(2)3)23-30(4,5)28(34)38-18-16-22-46(40-43(6,7)8,41-44(9,10)11)42-45(12,13)14/h25H,2,15-23H2,1,3-14H3,(H,31,35). The molecule has 0 aliphatic carbocycles. The zero-order chi connectivity index (χ0) is 36.0. The molecule has 46 heavy (non-hydrogen) atoms. The summed E-state index contributed by atoms with van der Waals surface area (Å²) < 4.78 is 41.0. The van der Waals surface area contributed by atoms with Crippen LogP contribution >= 0.6 is 0 Å². The van der Waals surface area contributed by atoms with Gasteiger partial charge in [-0.05, 0) is 99.0 Å². The van der Waals surface area contributed by atoms with Crippen molar-refractivity contribution in [2.45, 2.75) is 112 Å². The van der Waals surface area contributed by atoms with Crippen molar-refractivity contribution in [3.05, 3.63) is 12.2 Å². The van der Waals surface area contributed by atoms with Gasteiger partial charge in [-0.2, -0.15) is 0 Å². The second-order valence-corrected chi connectivity index (χ2v) is 31.9. The lowest BCUT2D eigenvalue weighted by Gasteiger charge is -2.42. The molecular formula is C30H61NO11Si4. The molecule has 1 unspecified atom stereocenters. The molecule has 0 aromatic heterocycles. The van der Waals surface area contributed by atoms with Gasteiger partial charge in [0.25, 0.3) is 0 Å². The molecule has 0 radical (unpaired) electrons. The van der Waals surface area contributed by atoms with E-state index in [-0.39, 0.29) is 45.0 Å². The lowest BCUT2D eigenvalue weighted by Crippen LogP contribution is -2.60. The summed E-state index contributed by atoms with van der Waals surface area (Å²) in [6, 6.07) is 0.561. The van der Waals surface area contributed by atoms with Gasteiger partial charge in [0, 0.05) is 11.6 Å². The van der Waals surface area contributed by atoms with E-state index in [2.05, 4.69) is 70.8 Å². The van der Waals surface area contributed by atoms with Gasteiger partial charge in [0.1, 0.15) is 19.8 Å². The Morgan fingerprint density at radius 1 is 0.739 bits per heavy atom. The molecule has 0 saturated carbocycles. The molecule has 0 heterocycles. The van der Waals surface area contributed by atoms with E-state index in [4.69, 9.17) is 31.3 Å². The zero-order valence-electron chi connectivity index (χ0n) is 30.6. The van der Waals surface area contributed by atoms with Gasteiger partial charge >= 0.3 is 32.8 Å². The maximum absolute atomic E-state index is 13.1. The molecule has 1 amide bonds. The van der Waals surface area contributed by atoms with E-state index < -0.39 is 69.1 Å². The van der Waals surface area contributed by atoms with E-state index in [0.29, 0.717) is 18.9 Å². The lowest BCUT2D eigenvalue weighted by molar-refractivity contribution is -0.158. The predicted octanol–water partition coefficient (Wildman–Crippen LogP) is 6.24. The first-order chi connectivity index (χ1) is 20.8. The van der Waals surface area contributed by atoms with Crippen molar-refractivity contribution < 1.29 is 50.5 Å². The highest BCUT2D eigenvalue weighted by Crippen LogP contribution is 2.32. The SMILES string of the molecule is C=C(C)C(=O)OCCNC(=O)OCCOC(=O)C(CC)CC(C)(C)C(=O)OCCC[Si](O[Si](C)(C)C)(O[Si](C)(C)C)O[Si](C)(C)C. The lowest BCUT2D eigenvalue weighted by atomic mass is 9.81. The summed E-state index contributed by atoms with van der Waals surface area (Å²) in [6.07, 6.45) is 0.508. The van der Waals surface area contributed by atoms with E-state index in [1.165, 1.54) is 6.92 Å². The van der Waals surface area contributed by atoms with E-state index in [1.54, 1.807) is 13.8 Å². The zero-order valence-corrected chi connectivity index (χ0v) is 34.6. The van der Waals surface area contributed by atoms with Crippen molar-refractivity contribution in [3.8, 4) is 0 Å². The van der Waals surface area contributed by atoms with Gasteiger partial charge in [-0.15, -0.1) is 0 Å². The Balaban J connectivity index is 4.94. The average Bonchev–Trinajstić information content (AvgIpc) is 2.86. The fourth-order valence-corrected chi connectivity index (χ4v) is 18.8.